The summed E-state index contributed by atoms with van der Waals surface area (Å²) >= 11 is 1.34. The van der Waals surface area contributed by atoms with Crippen LogP contribution in [-0.2, 0) is 12.4 Å². The summed E-state index contributed by atoms with van der Waals surface area (Å²) in [6, 6.07) is 3.46. The lowest BCUT2D eigenvalue weighted by Crippen LogP contribution is -2.33. The van der Waals surface area contributed by atoms with Gasteiger partial charge >= 0.3 is 12.4 Å². The van der Waals surface area contributed by atoms with Gasteiger partial charge in [-0.25, -0.2) is 4.98 Å². The average Bonchev–Trinajstić information content (AvgIpc) is 3.06. The molecular formula is C18H16F6N2O2S. The van der Waals surface area contributed by atoms with Crippen LogP contribution < -0.4 is 0 Å². The number of nitrogens with zero attached hydrogens (tertiary/aromatic N) is 2. The SMILES string of the molecule is C=C(O)C1SCCN1CC(O)c1cc(C(F)(F)F)nc2c(C(F)(F)F)cccc12. The van der Waals surface area contributed by atoms with E-state index in [1.807, 2.05) is 0 Å². The lowest BCUT2D eigenvalue weighted by Gasteiger charge is -2.26. The van der Waals surface area contributed by atoms with E-state index in [9.17, 15) is 36.6 Å². The van der Waals surface area contributed by atoms with Gasteiger partial charge < -0.3 is 10.2 Å². The van der Waals surface area contributed by atoms with Gasteiger partial charge in [-0.2, -0.15) is 26.3 Å². The van der Waals surface area contributed by atoms with Crippen LogP contribution in [0, 0.1) is 0 Å². The summed E-state index contributed by atoms with van der Waals surface area (Å²) < 4.78 is 79.8. The molecule has 2 atom stereocenters. The number of para-hydroxylation sites is 1. The molecule has 1 aromatic carbocycles. The number of alkyl halides is 6. The van der Waals surface area contributed by atoms with Crippen LogP contribution >= 0.6 is 11.8 Å². The molecule has 0 amide bonds. The second-order valence-corrected chi connectivity index (χ2v) is 7.71. The number of thioether (sulfide) groups is 1. The van der Waals surface area contributed by atoms with Gasteiger partial charge in [0.25, 0.3) is 0 Å². The highest BCUT2D eigenvalue weighted by Gasteiger charge is 2.38. The fourth-order valence-electron chi connectivity index (χ4n) is 3.24. The van der Waals surface area contributed by atoms with Crippen molar-refractivity contribution in [3.63, 3.8) is 0 Å². The van der Waals surface area contributed by atoms with Crippen LogP contribution in [-0.4, -0.2) is 44.3 Å². The van der Waals surface area contributed by atoms with Crippen LogP contribution in [0.4, 0.5) is 26.3 Å². The first-order chi connectivity index (χ1) is 13.4. The number of rotatable bonds is 4. The molecule has 2 heterocycles. The molecule has 1 aromatic heterocycles. The molecule has 0 aliphatic carbocycles. The zero-order valence-corrected chi connectivity index (χ0v) is 15.6. The number of hydrogen-bond donors (Lipinski definition) is 2. The highest BCUT2D eigenvalue weighted by atomic mass is 32.2. The third-order valence-electron chi connectivity index (χ3n) is 4.50. The summed E-state index contributed by atoms with van der Waals surface area (Å²) in [6.45, 7) is 3.66. The van der Waals surface area contributed by atoms with Crippen molar-refractivity contribution in [1.82, 2.24) is 9.88 Å². The maximum atomic E-state index is 13.3. The number of fused-ring (bicyclic) bond motifs is 1. The van der Waals surface area contributed by atoms with E-state index in [0.29, 0.717) is 24.4 Å². The molecule has 2 aromatic rings. The maximum Gasteiger partial charge on any atom is 0.433 e. The first-order valence-corrected chi connectivity index (χ1v) is 9.44. The van der Waals surface area contributed by atoms with Crippen molar-refractivity contribution in [3.8, 4) is 0 Å². The third-order valence-corrected chi connectivity index (χ3v) is 5.81. The molecule has 0 bridgehead atoms. The van der Waals surface area contributed by atoms with E-state index in [1.54, 1.807) is 4.90 Å². The Balaban J connectivity index is 2.12. The first kappa shape index (κ1) is 21.7. The Morgan fingerprint density at radius 1 is 1.24 bits per heavy atom. The quantitative estimate of drug-likeness (QED) is 0.533. The molecule has 29 heavy (non-hydrogen) atoms. The van der Waals surface area contributed by atoms with E-state index in [2.05, 4.69) is 11.6 Å². The van der Waals surface area contributed by atoms with Crippen molar-refractivity contribution in [2.75, 3.05) is 18.8 Å². The molecule has 2 unspecified atom stereocenters. The number of aliphatic hydroxyl groups is 2. The molecule has 4 nitrogen and oxygen atoms in total. The van der Waals surface area contributed by atoms with Crippen LogP contribution in [0.15, 0.2) is 36.6 Å². The fourth-order valence-corrected chi connectivity index (χ4v) is 4.40. The van der Waals surface area contributed by atoms with Gasteiger partial charge in [-0.3, -0.25) is 4.90 Å². The Bertz CT molecular complexity index is 931. The van der Waals surface area contributed by atoms with Gasteiger partial charge in [0, 0.05) is 24.2 Å². The van der Waals surface area contributed by atoms with Gasteiger partial charge in [-0.05, 0) is 17.7 Å². The van der Waals surface area contributed by atoms with Crippen molar-refractivity contribution >= 4 is 22.7 Å². The Labute approximate surface area is 165 Å². The largest absolute Gasteiger partial charge is 0.510 e. The molecule has 1 aliphatic rings. The van der Waals surface area contributed by atoms with Gasteiger partial charge in [0.05, 0.1) is 17.2 Å². The van der Waals surface area contributed by atoms with Gasteiger partial charge in [0.1, 0.15) is 16.8 Å². The number of pyridine rings is 1. The summed E-state index contributed by atoms with van der Waals surface area (Å²) in [5.41, 5.74) is -4.02. The second-order valence-electron chi connectivity index (χ2n) is 6.52. The minimum atomic E-state index is -4.99. The molecule has 1 saturated heterocycles. The Morgan fingerprint density at radius 3 is 2.52 bits per heavy atom. The van der Waals surface area contributed by atoms with E-state index >= 15 is 0 Å². The predicted octanol–water partition coefficient (Wildman–Crippen LogP) is 4.75. The van der Waals surface area contributed by atoms with Gasteiger partial charge in [-0.1, -0.05) is 18.7 Å². The van der Waals surface area contributed by atoms with Crippen LogP contribution in [0.3, 0.4) is 0 Å². The number of halogens is 6. The molecule has 0 spiro atoms. The molecule has 3 rings (SSSR count). The number of aliphatic hydroxyl groups excluding tert-OH is 2. The monoisotopic (exact) mass is 438 g/mol. The lowest BCUT2D eigenvalue weighted by molar-refractivity contribution is -0.142. The smallest absolute Gasteiger partial charge is 0.433 e. The van der Waals surface area contributed by atoms with Crippen molar-refractivity contribution in [3.05, 3.63) is 53.4 Å². The highest BCUT2D eigenvalue weighted by Crippen LogP contribution is 2.39. The summed E-state index contributed by atoms with van der Waals surface area (Å²) in [5, 5.41) is 19.5. The summed E-state index contributed by atoms with van der Waals surface area (Å²) in [6.07, 6.45) is -11.4. The standard InChI is InChI=1S/C18H16F6N2O2S/c1-9(27)16-26(5-6-29-16)8-13(28)11-7-14(18(22,23)24)25-15-10(11)3-2-4-12(15)17(19,20)21/h2-4,7,13,16,27-28H,1,5-6,8H2. The summed E-state index contributed by atoms with van der Waals surface area (Å²) in [7, 11) is 0. The number of benzene rings is 1. The van der Waals surface area contributed by atoms with E-state index in [1.165, 1.54) is 17.8 Å². The molecule has 1 fully saturated rings. The Kier molecular flexibility index (Phi) is 5.76. The minimum Gasteiger partial charge on any atom is -0.510 e. The minimum absolute atomic E-state index is 0.172. The van der Waals surface area contributed by atoms with Crippen LogP contribution in [0.25, 0.3) is 10.9 Å². The normalized spacial score (nSPS) is 19.6. The maximum absolute atomic E-state index is 13.3. The van der Waals surface area contributed by atoms with Crippen LogP contribution in [0.2, 0.25) is 0 Å². The molecule has 2 N–H and O–H groups in total. The molecule has 0 radical (unpaired) electrons. The number of β-amino-alcohol motifs (C(OH)–C–C–N with tert-alkyl or cyclic N) is 1. The van der Waals surface area contributed by atoms with Crippen LogP contribution in [0.5, 0.6) is 0 Å². The zero-order valence-electron chi connectivity index (χ0n) is 14.8. The van der Waals surface area contributed by atoms with E-state index in [4.69, 9.17) is 0 Å². The van der Waals surface area contributed by atoms with Crippen molar-refractivity contribution in [1.29, 1.82) is 0 Å². The van der Waals surface area contributed by atoms with E-state index < -0.39 is 40.6 Å². The van der Waals surface area contributed by atoms with E-state index in [-0.39, 0.29) is 23.3 Å². The second kappa shape index (κ2) is 7.69. The Morgan fingerprint density at radius 2 is 1.93 bits per heavy atom. The van der Waals surface area contributed by atoms with E-state index in [0.717, 1.165) is 6.07 Å². The average molecular weight is 438 g/mol. The van der Waals surface area contributed by atoms with Crippen molar-refractivity contribution in [2.24, 2.45) is 0 Å². The fraction of sp³-hybridized carbons (Fsp3) is 0.389. The van der Waals surface area contributed by atoms with Crippen LogP contribution in [0.1, 0.15) is 22.9 Å². The molecule has 11 heteroatoms. The lowest BCUT2D eigenvalue weighted by atomic mass is 9.99. The Hall–Kier alpha value is -1.98. The van der Waals surface area contributed by atoms with Crippen molar-refractivity contribution in [2.45, 2.75) is 23.8 Å². The predicted molar refractivity (Wildman–Crippen MR) is 96.3 cm³/mol. The first-order valence-electron chi connectivity index (χ1n) is 8.39. The third kappa shape index (κ3) is 4.46. The molecule has 0 saturated carbocycles. The van der Waals surface area contributed by atoms with Crippen molar-refractivity contribution < 1.29 is 36.6 Å². The molecule has 1 aliphatic heterocycles. The van der Waals surface area contributed by atoms with Gasteiger partial charge in [0.15, 0.2) is 0 Å². The molecular weight excluding hydrogens is 422 g/mol. The molecule has 158 valence electrons. The zero-order chi connectivity index (χ0) is 21.6. The summed E-state index contributed by atoms with van der Waals surface area (Å²) in [4.78, 5) is 4.80. The topological polar surface area (TPSA) is 56.6 Å². The summed E-state index contributed by atoms with van der Waals surface area (Å²) in [5.74, 6) is 0.426. The number of hydrogen-bond acceptors (Lipinski definition) is 5. The number of aromatic nitrogens is 1. The van der Waals surface area contributed by atoms with Gasteiger partial charge in [0.2, 0.25) is 0 Å². The highest BCUT2D eigenvalue weighted by molar-refractivity contribution is 8.00. The van der Waals surface area contributed by atoms with Gasteiger partial charge in [-0.15, -0.1) is 11.8 Å².